The molecule has 0 aliphatic heterocycles. The van der Waals surface area contributed by atoms with E-state index in [2.05, 4.69) is 15.3 Å². The summed E-state index contributed by atoms with van der Waals surface area (Å²) in [6, 6.07) is 9.87. The van der Waals surface area contributed by atoms with E-state index in [-0.39, 0.29) is 18.2 Å². The minimum Gasteiger partial charge on any atom is -0.491 e. The van der Waals surface area contributed by atoms with Crippen LogP contribution in [0.25, 0.3) is 11.0 Å². The van der Waals surface area contributed by atoms with Gasteiger partial charge in [0.05, 0.1) is 24.0 Å². The lowest BCUT2D eigenvalue weighted by Gasteiger charge is -2.08. The summed E-state index contributed by atoms with van der Waals surface area (Å²) >= 11 is 0. The number of hydrogen-bond acceptors (Lipinski definition) is 3. The number of imidazole rings is 1. The second-order valence-electron chi connectivity index (χ2n) is 5.01. The smallest absolute Gasteiger partial charge is 0.251 e. The quantitative estimate of drug-likeness (QED) is 0.761. The highest BCUT2D eigenvalue weighted by Gasteiger charge is 2.09. The van der Waals surface area contributed by atoms with Crippen molar-refractivity contribution in [2.75, 3.05) is 6.61 Å². The largest absolute Gasteiger partial charge is 0.491 e. The second-order valence-corrected chi connectivity index (χ2v) is 5.01. The third-order valence-corrected chi connectivity index (χ3v) is 3.43. The van der Waals surface area contributed by atoms with Crippen LogP contribution < -0.4 is 10.1 Å². The number of hydrogen-bond donors (Lipinski definition) is 2. The molecule has 1 amide bonds. The first-order valence-corrected chi connectivity index (χ1v) is 7.30. The number of amides is 1. The fourth-order valence-electron chi connectivity index (χ4n) is 2.29. The Morgan fingerprint density at radius 1 is 1.30 bits per heavy atom. The predicted octanol–water partition coefficient (Wildman–Crippen LogP) is 3.03. The van der Waals surface area contributed by atoms with Gasteiger partial charge in [-0.2, -0.15) is 0 Å². The van der Waals surface area contributed by atoms with Crippen LogP contribution in [0.4, 0.5) is 4.39 Å². The standard InChI is InChI=1S/C17H16FN3O2/c1-2-23-16-6-3-11(7-13(16)18)9-19-17(22)12-4-5-14-15(8-12)21-10-20-14/h3-8,10H,2,9H2,1H3,(H,19,22)(H,20,21). The van der Waals surface area contributed by atoms with Crippen LogP contribution in [-0.4, -0.2) is 22.5 Å². The Hall–Kier alpha value is -2.89. The van der Waals surface area contributed by atoms with Gasteiger partial charge in [0.2, 0.25) is 0 Å². The highest BCUT2D eigenvalue weighted by molar-refractivity contribution is 5.97. The summed E-state index contributed by atoms with van der Waals surface area (Å²) in [4.78, 5) is 19.2. The van der Waals surface area contributed by atoms with Crippen LogP contribution in [0.3, 0.4) is 0 Å². The van der Waals surface area contributed by atoms with Crippen molar-refractivity contribution >= 4 is 16.9 Å². The van der Waals surface area contributed by atoms with Gasteiger partial charge >= 0.3 is 0 Å². The fraction of sp³-hybridized carbons (Fsp3) is 0.176. The van der Waals surface area contributed by atoms with Crippen LogP contribution in [-0.2, 0) is 6.54 Å². The van der Waals surface area contributed by atoms with Crippen molar-refractivity contribution in [3.05, 3.63) is 59.7 Å². The molecule has 6 heteroatoms. The molecule has 0 saturated heterocycles. The van der Waals surface area contributed by atoms with Crippen LogP contribution in [0.1, 0.15) is 22.8 Å². The molecular formula is C17H16FN3O2. The molecule has 0 unspecified atom stereocenters. The lowest BCUT2D eigenvalue weighted by Crippen LogP contribution is -2.22. The summed E-state index contributed by atoms with van der Waals surface area (Å²) in [6.07, 6.45) is 1.58. The average molecular weight is 313 g/mol. The number of halogens is 1. The first-order valence-electron chi connectivity index (χ1n) is 7.30. The zero-order valence-electron chi connectivity index (χ0n) is 12.6. The molecule has 0 aliphatic carbocycles. The minimum absolute atomic E-state index is 0.215. The van der Waals surface area contributed by atoms with E-state index in [1.54, 1.807) is 43.6 Å². The third kappa shape index (κ3) is 3.31. The highest BCUT2D eigenvalue weighted by Crippen LogP contribution is 2.18. The van der Waals surface area contributed by atoms with Crippen molar-refractivity contribution in [1.29, 1.82) is 0 Å². The highest BCUT2D eigenvalue weighted by atomic mass is 19.1. The number of rotatable bonds is 5. The Balaban J connectivity index is 1.67. The van der Waals surface area contributed by atoms with E-state index < -0.39 is 5.82 Å². The van der Waals surface area contributed by atoms with Gasteiger partial charge < -0.3 is 15.0 Å². The molecule has 0 aliphatic rings. The topological polar surface area (TPSA) is 67.0 Å². The van der Waals surface area contributed by atoms with Crippen molar-refractivity contribution in [3.8, 4) is 5.75 Å². The van der Waals surface area contributed by atoms with Gasteiger partial charge in [-0.15, -0.1) is 0 Å². The van der Waals surface area contributed by atoms with E-state index in [0.717, 1.165) is 11.0 Å². The number of carbonyl (C=O) groups excluding carboxylic acids is 1. The Morgan fingerprint density at radius 3 is 2.96 bits per heavy atom. The minimum atomic E-state index is -0.433. The van der Waals surface area contributed by atoms with Gasteiger partial charge in [-0.1, -0.05) is 6.07 Å². The molecule has 3 rings (SSSR count). The van der Waals surface area contributed by atoms with E-state index >= 15 is 0 Å². The van der Waals surface area contributed by atoms with E-state index in [4.69, 9.17) is 4.74 Å². The van der Waals surface area contributed by atoms with Crippen LogP contribution in [0.2, 0.25) is 0 Å². The van der Waals surface area contributed by atoms with E-state index in [1.165, 1.54) is 6.07 Å². The van der Waals surface area contributed by atoms with Gasteiger partial charge in [-0.05, 0) is 42.8 Å². The molecule has 2 N–H and O–H groups in total. The molecule has 1 aromatic heterocycles. The van der Waals surface area contributed by atoms with Gasteiger partial charge in [-0.3, -0.25) is 4.79 Å². The Kier molecular flexibility index (Phi) is 4.23. The van der Waals surface area contributed by atoms with Gasteiger partial charge in [-0.25, -0.2) is 9.37 Å². The number of ether oxygens (including phenoxy) is 1. The SMILES string of the molecule is CCOc1ccc(CNC(=O)c2ccc3nc[nH]c3c2)cc1F. The van der Waals surface area contributed by atoms with Gasteiger partial charge in [0.1, 0.15) is 0 Å². The maximum absolute atomic E-state index is 13.8. The summed E-state index contributed by atoms with van der Waals surface area (Å²) in [5.74, 6) is -0.444. The molecule has 3 aromatic rings. The molecule has 0 bridgehead atoms. The van der Waals surface area contributed by atoms with Crippen molar-refractivity contribution < 1.29 is 13.9 Å². The summed E-state index contributed by atoms with van der Waals surface area (Å²) in [5, 5.41) is 2.77. The molecule has 2 aromatic carbocycles. The van der Waals surface area contributed by atoms with Crippen molar-refractivity contribution in [1.82, 2.24) is 15.3 Å². The molecule has 5 nitrogen and oxygen atoms in total. The first-order chi connectivity index (χ1) is 11.2. The molecule has 0 saturated carbocycles. The maximum Gasteiger partial charge on any atom is 0.251 e. The second kappa shape index (κ2) is 6.48. The number of aromatic amines is 1. The normalized spacial score (nSPS) is 10.7. The molecular weight excluding hydrogens is 297 g/mol. The number of fused-ring (bicyclic) bond motifs is 1. The number of nitrogens with one attached hydrogen (secondary N) is 2. The zero-order valence-corrected chi connectivity index (χ0v) is 12.6. The fourth-order valence-corrected chi connectivity index (χ4v) is 2.29. The third-order valence-electron chi connectivity index (χ3n) is 3.43. The van der Waals surface area contributed by atoms with Crippen molar-refractivity contribution in [3.63, 3.8) is 0 Å². The molecule has 118 valence electrons. The van der Waals surface area contributed by atoms with Crippen LogP contribution in [0.15, 0.2) is 42.7 Å². The summed E-state index contributed by atoms with van der Waals surface area (Å²) < 4.78 is 18.9. The van der Waals surface area contributed by atoms with E-state index in [1.807, 2.05) is 0 Å². The van der Waals surface area contributed by atoms with Gasteiger partial charge in [0, 0.05) is 12.1 Å². The molecule has 0 fully saturated rings. The van der Waals surface area contributed by atoms with Crippen LogP contribution in [0, 0.1) is 5.82 Å². The lowest BCUT2D eigenvalue weighted by atomic mass is 10.1. The van der Waals surface area contributed by atoms with Crippen LogP contribution in [0.5, 0.6) is 5.75 Å². The summed E-state index contributed by atoms with van der Waals surface area (Å²) in [6.45, 7) is 2.44. The molecule has 23 heavy (non-hydrogen) atoms. The van der Waals surface area contributed by atoms with Crippen LogP contribution >= 0.6 is 0 Å². The lowest BCUT2D eigenvalue weighted by molar-refractivity contribution is 0.0951. The van der Waals surface area contributed by atoms with Gasteiger partial charge in [0.15, 0.2) is 11.6 Å². The van der Waals surface area contributed by atoms with E-state index in [0.29, 0.717) is 17.7 Å². The van der Waals surface area contributed by atoms with E-state index in [9.17, 15) is 9.18 Å². The number of nitrogens with zero attached hydrogens (tertiary/aromatic N) is 1. The number of carbonyl (C=O) groups is 1. The zero-order chi connectivity index (χ0) is 16.2. The monoisotopic (exact) mass is 313 g/mol. The predicted molar refractivity (Wildman–Crippen MR) is 84.8 cm³/mol. The Labute approximate surface area is 132 Å². The maximum atomic E-state index is 13.8. The average Bonchev–Trinajstić information content (AvgIpc) is 3.02. The molecule has 0 atom stereocenters. The van der Waals surface area contributed by atoms with Crippen molar-refractivity contribution in [2.24, 2.45) is 0 Å². The number of H-pyrrole nitrogens is 1. The Bertz CT molecular complexity index is 845. The number of benzene rings is 2. The summed E-state index contributed by atoms with van der Waals surface area (Å²) in [7, 11) is 0. The number of aromatic nitrogens is 2. The summed E-state index contributed by atoms with van der Waals surface area (Å²) in [5.41, 5.74) is 2.79. The Morgan fingerprint density at radius 2 is 2.17 bits per heavy atom. The molecule has 0 radical (unpaired) electrons. The first kappa shape index (κ1) is 15.0. The van der Waals surface area contributed by atoms with Crippen molar-refractivity contribution in [2.45, 2.75) is 13.5 Å². The molecule has 1 heterocycles. The van der Waals surface area contributed by atoms with Gasteiger partial charge in [0.25, 0.3) is 5.91 Å². The molecule has 0 spiro atoms.